The third kappa shape index (κ3) is 3.05. The maximum atomic E-state index is 12.6. The molecule has 2 aromatic rings. The number of benzene rings is 1. The first-order valence-electron chi connectivity index (χ1n) is 7.96. The lowest BCUT2D eigenvalue weighted by Gasteiger charge is -2.27. The highest BCUT2D eigenvalue weighted by Gasteiger charge is 2.44. The number of aryl methyl sites for hydroxylation is 1. The van der Waals surface area contributed by atoms with E-state index in [1.165, 1.54) is 0 Å². The lowest BCUT2D eigenvalue weighted by molar-refractivity contribution is -0.151. The number of amides is 2. The van der Waals surface area contributed by atoms with Crippen molar-refractivity contribution in [2.45, 2.75) is 33.4 Å². The van der Waals surface area contributed by atoms with E-state index in [-0.39, 0.29) is 12.5 Å². The van der Waals surface area contributed by atoms with Crippen LogP contribution in [-0.2, 0) is 16.1 Å². The predicted octanol–water partition coefficient (Wildman–Crippen LogP) is 2.35. The molecule has 25 heavy (non-hydrogen) atoms. The van der Waals surface area contributed by atoms with Crippen molar-refractivity contribution < 1.29 is 23.6 Å². The average molecular weight is 342 g/mol. The maximum Gasteiger partial charge on any atom is 0.330 e. The molecule has 1 aromatic carbocycles. The molecule has 2 heterocycles. The molecule has 0 saturated carbocycles. The summed E-state index contributed by atoms with van der Waals surface area (Å²) in [5.74, 6) is -1.30. The third-order valence-electron chi connectivity index (χ3n) is 4.02. The van der Waals surface area contributed by atoms with E-state index in [4.69, 9.17) is 9.26 Å². The summed E-state index contributed by atoms with van der Waals surface area (Å²) in [5, 5.41) is 3.75. The highest BCUT2D eigenvalue weighted by Crippen LogP contribution is 2.27. The van der Waals surface area contributed by atoms with Gasteiger partial charge in [-0.15, -0.1) is 0 Å². The van der Waals surface area contributed by atoms with Gasteiger partial charge in [-0.05, 0) is 25.0 Å². The molecule has 7 heteroatoms. The lowest BCUT2D eigenvalue weighted by atomic mass is 10.0. The maximum absolute atomic E-state index is 12.6. The van der Waals surface area contributed by atoms with Gasteiger partial charge >= 0.3 is 5.97 Å². The van der Waals surface area contributed by atoms with E-state index in [9.17, 15) is 14.4 Å². The first kappa shape index (κ1) is 16.9. The van der Waals surface area contributed by atoms with Gasteiger partial charge in [0.1, 0.15) is 24.1 Å². The number of ether oxygens (including phenoxy) is 1. The Morgan fingerprint density at radius 1 is 1.20 bits per heavy atom. The highest BCUT2D eigenvalue weighted by molar-refractivity contribution is 6.22. The Labute approximate surface area is 144 Å². The first-order chi connectivity index (χ1) is 11.9. The molecule has 2 amide bonds. The molecule has 0 aliphatic carbocycles. The van der Waals surface area contributed by atoms with Crippen molar-refractivity contribution in [3.63, 3.8) is 0 Å². The summed E-state index contributed by atoms with van der Waals surface area (Å²) in [5.41, 5.74) is 1.08. The molecule has 0 fully saturated rings. The summed E-state index contributed by atoms with van der Waals surface area (Å²) >= 11 is 0. The molecule has 0 N–H and O–H groups in total. The van der Waals surface area contributed by atoms with Gasteiger partial charge in [0.2, 0.25) is 0 Å². The molecule has 0 bridgehead atoms. The number of esters is 1. The average Bonchev–Trinajstić information content (AvgIpc) is 3.10. The van der Waals surface area contributed by atoms with Crippen LogP contribution in [0.3, 0.4) is 0 Å². The number of aromatic nitrogens is 1. The summed E-state index contributed by atoms with van der Waals surface area (Å²) in [6.45, 7) is 5.17. The summed E-state index contributed by atoms with van der Waals surface area (Å²) < 4.78 is 10.2. The molecule has 0 unspecified atom stereocenters. The summed E-state index contributed by atoms with van der Waals surface area (Å²) in [7, 11) is 0. The van der Waals surface area contributed by atoms with Crippen LogP contribution in [0.2, 0.25) is 0 Å². The Kier molecular flexibility index (Phi) is 4.39. The fourth-order valence-corrected chi connectivity index (χ4v) is 2.85. The predicted molar refractivity (Wildman–Crippen MR) is 86.6 cm³/mol. The summed E-state index contributed by atoms with van der Waals surface area (Å²) in [6.07, 6.45) is 0. The van der Waals surface area contributed by atoms with E-state index in [0.29, 0.717) is 22.6 Å². The number of carbonyl (C=O) groups is 3. The minimum Gasteiger partial charge on any atom is -0.457 e. The van der Waals surface area contributed by atoms with E-state index in [1.54, 1.807) is 51.1 Å². The van der Waals surface area contributed by atoms with Gasteiger partial charge in [0.25, 0.3) is 11.8 Å². The van der Waals surface area contributed by atoms with Crippen molar-refractivity contribution in [2.75, 3.05) is 0 Å². The highest BCUT2D eigenvalue weighted by atomic mass is 16.5. The number of nitrogens with zero attached hydrogens (tertiary/aromatic N) is 2. The summed E-state index contributed by atoms with van der Waals surface area (Å²) in [4.78, 5) is 38.8. The van der Waals surface area contributed by atoms with Gasteiger partial charge in [-0.1, -0.05) is 31.1 Å². The monoisotopic (exact) mass is 342 g/mol. The van der Waals surface area contributed by atoms with Crippen LogP contribution in [-0.4, -0.2) is 33.9 Å². The van der Waals surface area contributed by atoms with Gasteiger partial charge in [-0.2, -0.15) is 0 Å². The fraction of sp³-hybridized carbons (Fsp3) is 0.333. The van der Waals surface area contributed by atoms with Crippen LogP contribution < -0.4 is 0 Å². The van der Waals surface area contributed by atoms with Crippen LogP contribution in [0.25, 0.3) is 0 Å². The Morgan fingerprint density at radius 2 is 1.80 bits per heavy atom. The van der Waals surface area contributed by atoms with Gasteiger partial charge in [-0.3, -0.25) is 14.5 Å². The zero-order valence-electron chi connectivity index (χ0n) is 14.2. The fourth-order valence-electron chi connectivity index (χ4n) is 2.85. The molecule has 1 aliphatic rings. The van der Waals surface area contributed by atoms with E-state index < -0.39 is 23.8 Å². The molecule has 1 aromatic heterocycles. The molecular formula is C18H18N2O5. The van der Waals surface area contributed by atoms with Crippen molar-refractivity contribution in [1.82, 2.24) is 10.1 Å². The van der Waals surface area contributed by atoms with E-state index >= 15 is 0 Å². The van der Waals surface area contributed by atoms with Crippen molar-refractivity contribution >= 4 is 17.8 Å². The largest absolute Gasteiger partial charge is 0.457 e. The Morgan fingerprint density at radius 3 is 2.28 bits per heavy atom. The zero-order valence-corrected chi connectivity index (χ0v) is 14.2. The van der Waals surface area contributed by atoms with Gasteiger partial charge in [-0.25, -0.2) is 4.79 Å². The topological polar surface area (TPSA) is 89.7 Å². The van der Waals surface area contributed by atoms with Crippen LogP contribution in [0.4, 0.5) is 0 Å². The van der Waals surface area contributed by atoms with Gasteiger partial charge in [0.15, 0.2) is 0 Å². The molecule has 130 valence electrons. The minimum atomic E-state index is -1.000. The van der Waals surface area contributed by atoms with Crippen molar-refractivity contribution in [2.24, 2.45) is 5.92 Å². The van der Waals surface area contributed by atoms with Crippen molar-refractivity contribution in [3.8, 4) is 0 Å². The van der Waals surface area contributed by atoms with Crippen LogP contribution >= 0.6 is 0 Å². The van der Waals surface area contributed by atoms with Gasteiger partial charge < -0.3 is 9.26 Å². The molecular weight excluding hydrogens is 324 g/mol. The van der Waals surface area contributed by atoms with Crippen LogP contribution in [0, 0.1) is 12.8 Å². The SMILES string of the molecule is Cc1cc(COC(=O)[C@H](C(C)C)N2C(=O)c3ccccc3C2=O)no1. The first-order valence-corrected chi connectivity index (χ1v) is 7.96. The number of hydrogen-bond acceptors (Lipinski definition) is 6. The van der Waals surface area contributed by atoms with Crippen molar-refractivity contribution in [3.05, 3.63) is 52.9 Å². The molecule has 7 nitrogen and oxygen atoms in total. The lowest BCUT2D eigenvalue weighted by Crippen LogP contribution is -2.48. The van der Waals surface area contributed by atoms with E-state index in [2.05, 4.69) is 5.16 Å². The number of carbonyl (C=O) groups excluding carboxylic acids is 3. The van der Waals surface area contributed by atoms with Gasteiger partial charge in [0, 0.05) is 6.07 Å². The molecule has 0 radical (unpaired) electrons. The Hall–Kier alpha value is -2.96. The standard InChI is InChI=1S/C18H18N2O5/c1-10(2)15(18(23)24-9-12-8-11(3)25-19-12)20-16(21)13-6-4-5-7-14(13)17(20)22/h4-8,10,15H,9H2,1-3H3/t15-/m0/s1. The Bertz CT molecular complexity index is 804. The third-order valence-corrected chi connectivity index (χ3v) is 4.02. The second-order valence-electron chi connectivity index (χ2n) is 6.25. The van der Waals surface area contributed by atoms with Gasteiger partial charge in [0.05, 0.1) is 11.1 Å². The van der Waals surface area contributed by atoms with Crippen LogP contribution in [0.1, 0.15) is 46.0 Å². The zero-order chi connectivity index (χ0) is 18.1. The van der Waals surface area contributed by atoms with E-state index in [1.807, 2.05) is 0 Å². The Balaban J connectivity index is 1.81. The van der Waals surface area contributed by atoms with Crippen LogP contribution in [0.15, 0.2) is 34.9 Å². The smallest absolute Gasteiger partial charge is 0.330 e. The molecule has 3 rings (SSSR count). The second-order valence-corrected chi connectivity index (χ2v) is 6.25. The quantitative estimate of drug-likeness (QED) is 0.612. The summed E-state index contributed by atoms with van der Waals surface area (Å²) in [6, 6.07) is 7.18. The number of imide groups is 1. The van der Waals surface area contributed by atoms with E-state index in [0.717, 1.165) is 4.90 Å². The van der Waals surface area contributed by atoms with Crippen LogP contribution in [0.5, 0.6) is 0 Å². The molecule has 0 spiro atoms. The van der Waals surface area contributed by atoms with Crippen molar-refractivity contribution in [1.29, 1.82) is 0 Å². The number of rotatable bonds is 5. The normalized spacial score (nSPS) is 14.8. The molecule has 1 aliphatic heterocycles. The number of hydrogen-bond donors (Lipinski definition) is 0. The minimum absolute atomic E-state index is 0.0808. The number of fused-ring (bicyclic) bond motifs is 1. The molecule has 1 atom stereocenters. The second kappa shape index (κ2) is 6.51. The molecule has 0 saturated heterocycles.